The van der Waals surface area contributed by atoms with Crippen molar-refractivity contribution >= 4 is 11.7 Å². The maximum atomic E-state index is 11.5. The molecule has 1 aliphatic heterocycles. The molecular formula is C13H18N4O4. The number of rotatable bonds is 5. The van der Waals surface area contributed by atoms with E-state index >= 15 is 0 Å². The molecule has 2 N–H and O–H groups in total. The van der Waals surface area contributed by atoms with Gasteiger partial charge in [0.15, 0.2) is 6.04 Å². The van der Waals surface area contributed by atoms with Crippen LogP contribution in [-0.4, -0.2) is 59.1 Å². The summed E-state index contributed by atoms with van der Waals surface area (Å²) in [5.74, 6) is -1.14. The second-order valence-corrected chi connectivity index (χ2v) is 5.01. The number of piperazine rings is 1. The highest BCUT2D eigenvalue weighted by Crippen LogP contribution is 2.25. The Balaban J connectivity index is 2.20. The summed E-state index contributed by atoms with van der Waals surface area (Å²) in [5.41, 5.74) is 2.86. The number of para-hydroxylation sites is 1. The first-order chi connectivity index (χ1) is 9.99. The zero-order valence-corrected chi connectivity index (χ0v) is 11.7. The van der Waals surface area contributed by atoms with Gasteiger partial charge in [-0.1, -0.05) is 12.1 Å². The molecule has 8 heteroatoms. The Morgan fingerprint density at radius 3 is 2.52 bits per heavy atom. The average Bonchev–Trinajstić information content (AvgIpc) is 2.46. The Labute approximate surface area is 122 Å². The second-order valence-electron chi connectivity index (χ2n) is 5.01. The molecule has 1 aliphatic rings. The number of nitrogens with zero attached hydrogens (tertiary/aromatic N) is 3. The lowest BCUT2D eigenvalue weighted by Gasteiger charge is -2.34. The quantitative estimate of drug-likeness (QED) is 0.601. The minimum atomic E-state index is -1.14. The van der Waals surface area contributed by atoms with Crippen LogP contribution in [0.1, 0.15) is 11.6 Å². The number of nitro groups is 1. The molecule has 2 rings (SSSR count). The number of hydrogen-bond acceptors (Lipinski definition) is 6. The minimum absolute atomic E-state index is 0.161. The van der Waals surface area contributed by atoms with Crippen LogP contribution in [0.15, 0.2) is 24.3 Å². The fourth-order valence-electron chi connectivity index (χ4n) is 2.27. The van der Waals surface area contributed by atoms with Gasteiger partial charge in [0, 0.05) is 32.2 Å². The normalized spacial score (nSPS) is 18.3. The van der Waals surface area contributed by atoms with Crippen LogP contribution < -0.4 is 5.43 Å². The second kappa shape index (κ2) is 6.61. The highest BCUT2D eigenvalue weighted by atomic mass is 16.6. The summed E-state index contributed by atoms with van der Waals surface area (Å²) in [6, 6.07) is 4.78. The predicted molar refractivity (Wildman–Crippen MR) is 75.7 cm³/mol. The minimum Gasteiger partial charge on any atom is -0.480 e. The van der Waals surface area contributed by atoms with Gasteiger partial charge < -0.3 is 10.0 Å². The first-order valence-electron chi connectivity index (χ1n) is 6.65. The van der Waals surface area contributed by atoms with Gasteiger partial charge in [0.25, 0.3) is 5.69 Å². The van der Waals surface area contributed by atoms with Crippen LogP contribution in [0.5, 0.6) is 0 Å². The molecule has 0 spiro atoms. The first-order valence-corrected chi connectivity index (χ1v) is 6.65. The van der Waals surface area contributed by atoms with Crippen molar-refractivity contribution in [3.05, 3.63) is 39.9 Å². The lowest BCUT2D eigenvalue weighted by Crippen LogP contribution is -2.52. The molecule has 0 radical (unpaired) electrons. The molecule has 1 unspecified atom stereocenters. The number of nitro benzene ring substituents is 1. The molecule has 1 aromatic carbocycles. The fourth-order valence-corrected chi connectivity index (χ4v) is 2.27. The molecule has 21 heavy (non-hydrogen) atoms. The van der Waals surface area contributed by atoms with Crippen LogP contribution in [0.25, 0.3) is 0 Å². The van der Waals surface area contributed by atoms with Gasteiger partial charge in [-0.3, -0.25) is 14.9 Å². The lowest BCUT2D eigenvalue weighted by molar-refractivity contribution is -0.385. The maximum absolute atomic E-state index is 11.5. The molecule has 1 heterocycles. The number of nitrogens with one attached hydrogen (secondary N) is 1. The standard InChI is InChI=1S/C13H18N4O4/c1-15-6-8-16(9-7-15)14-12(13(18)19)10-4-2-3-5-11(10)17(20)21/h2-5,12,14H,6-9H2,1H3,(H,18,19). The third kappa shape index (κ3) is 3.75. The van der Waals surface area contributed by atoms with Crippen molar-refractivity contribution in [2.45, 2.75) is 6.04 Å². The molecule has 1 atom stereocenters. The summed E-state index contributed by atoms with van der Waals surface area (Å²) in [5, 5.41) is 22.2. The zero-order valence-electron chi connectivity index (χ0n) is 11.7. The summed E-state index contributed by atoms with van der Waals surface area (Å²) in [6.07, 6.45) is 0. The summed E-state index contributed by atoms with van der Waals surface area (Å²) in [7, 11) is 1.99. The monoisotopic (exact) mass is 294 g/mol. The summed E-state index contributed by atoms with van der Waals surface area (Å²) in [6.45, 7) is 2.97. The van der Waals surface area contributed by atoms with Crippen LogP contribution in [-0.2, 0) is 4.79 Å². The number of likely N-dealkylation sites (N-methyl/N-ethyl adjacent to an activating group) is 1. The highest BCUT2D eigenvalue weighted by molar-refractivity contribution is 5.77. The molecule has 114 valence electrons. The van der Waals surface area contributed by atoms with E-state index in [4.69, 9.17) is 0 Å². The molecular weight excluding hydrogens is 276 g/mol. The number of carboxylic acid groups (broad SMARTS) is 1. The topological polar surface area (TPSA) is 99.0 Å². The molecule has 1 aromatic rings. The SMILES string of the molecule is CN1CCN(NC(C(=O)O)c2ccccc2[N+](=O)[O-])CC1. The van der Waals surface area contributed by atoms with Crippen LogP contribution >= 0.6 is 0 Å². The van der Waals surface area contributed by atoms with Crippen LogP contribution in [0.4, 0.5) is 5.69 Å². The number of hydrazine groups is 1. The Kier molecular flexibility index (Phi) is 4.84. The van der Waals surface area contributed by atoms with Crippen molar-refractivity contribution in [2.75, 3.05) is 33.2 Å². The highest BCUT2D eigenvalue weighted by Gasteiger charge is 2.29. The third-order valence-electron chi connectivity index (χ3n) is 3.51. The molecule has 0 aliphatic carbocycles. The summed E-state index contributed by atoms with van der Waals surface area (Å²) >= 11 is 0. The smallest absolute Gasteiger partial charge is 0.326 e. The number of benzene rings is 1. The molecule has 8 nitrogen and oxygen atoms in total. The molecule has 1 saturated heterocycles. The summed E-state index contributed by atoms with van der Waals surface area (Å²) in [4.78, 5) is 24.1. The molecule has 0 aromatic heterocycles. The predicted octanol–water partition coefficient (Wildman–Crippen LogP) is 0.473. The van der Waals surface area contributed by atoms with Gasteiger partial charge in [-0.05, 0) is 13.1 Å². The van der Waals surface area contributed by atoms with E-state index in [9.17, 15) is 20.0 Å². The Bertz CT molecular complexity index is 529. The van der Waals surface area contributed by atoms with Gasteiger partial charge in [-0.15, -0.1) is 0 Å². The average molecular weight is 294 g/mol. The molecule has 0 amide bonds. The van der Waals surface area contributed by atoms with Gasteiger partial charge in [0.1, 0.15) is 0 Å². The van der Waals surface area contributed by atoms with E-state index in [-0.39, 0.29) is 11.3 Å². The largest absolute Gasteiger partial charge is 0.480 e. The first kappa shape index (κ1) is 15.4. The van der Waals surface area contributed by atoms with Crippen molar-refractivity contribution in [1.29, 1.82) is 0 Å². The van der Waals surface area contributed by atoms with Crippen molar-refractivity contribution < 1.29 is 14.8 Å². The van der Waals surface area contributed by atoms with E-state index in [0.717, 1.165) is 13.1 Å². The van der Waals surface area contributed by atoms with E-state index in [1.807, 2.05) is 7.05 Å². The number of carbonyl (C=O) groups is 1. The summed E-state index contributed by atoms with van der Waals surface area (Å²) < 4.78 is 0. The molecule has 0 bridgehead atoms. The van der Waals surface area contributed by atoms with E-state index < -0.39 is 16.9 Å². The van der Waals surface area contributed by atoms with Crippen LogP contribution in [0.2, 0.25) is 0 Å². The van der Waals surface area contributed by atoms with Crippen molar-refractivity contribution in [2.24, 2.45) is 0 Å². The van der Waals surface area contributed by atoms with Gasteiger partial charge in [0.2, 0.25) is 0 Å². The van der Waals surface area contributed by atoms with E-state index in [0.29, 0.717) is 13.1 Å². The van der Waals surface area contributed by atoms with Crippen LogP contribution in [0.3, 0.4) is 0 Å². The Morgan fingerprint density at radius 1 is 1.33 bits per heavy atom. The van der Waals surface area contributed by atoms with Gasteiger partial charge in [-0.25, -0.2) is 10.4 Å². The van der Waals surface area contributed by atoms with E-state index in [1.54, 1.807) is 11.1 Å². The Morgan fingerprint density at radius 2 is 1.95 bits per heavy atom. The van der Waals surface area contributed by atoms with Crippen LogP contribution in [0, 0.1) is 10.1 Å². The van der Waals surface area contributed by atoms with Crippen molar-refractivity contribution in [3.63, 3.8) is 0 Å². The van der Waals surface area contributed by atoms with Gasteiger partial charge in [-0.2, -0.15) is 0 Å². The van der Waals surface area contributed by atoms with Gasteiger partial charge in [0.05, 0.1) is 10.5 Å². The van der Waals surface area contributed by atoms with E-state index in [1.165, 1.54) is 18.2 Å². The molecule has 0 saturated carbocycles. The maximum Gasteiger partial charge on any atom is 0.326 e. The van der Waals surface area contributed by atoms with Crippen molar-refractivity contribution in [1.82, 2.24) is 15.3 Å². The third-order valence-corrected chi connectivity index (χ3v) is 3.51. The lowest BCUT2D eigenvalue weighted by atomic mass is 10.1. The fraction of sp³-hybridized carbons (Fsp3) is 0.462. The number of carboxylic acids is 1. The van der Waals surface area contributed by atoms with Gasteiger partial charge >= 0.3 is 5.97 Å². The number of hydrogen-bond donors (Lipinski definition) is 2. The number of aliphatic carboxylic acids is 1. The zero-order chi connectivity index (χ0) is 15.4. The van der Waals surface area contributed by atoms with Crippen molar-refractivity contribution in [3.8, 4) is 0 Å². The molecule has 1 fully saturated rings. The van der Waals surface area contributed by atoms with E-state index in [2.05, 4.69) is 10.3 Å². The Hall–Kier alpha value is -2.03.